The first-order chi connectivity index (χ1) is 11.1. The average Bonchev–Trinajstić information content (AvgIpc) is 3.00. The molecule has 116 valence electrons. The Bertz CT molecular complexity index is 805. The molecule has 0 aliphatic heterocycles. The summed E-state index contributed by atoms with van der Waals surface area (Å²) in [6.45, 7) is 0. The first kappa shape index (κ1) is 15.2. The highest BCUT2D eigenvalue weighted by atomic mass is 32.1. The fraction of sp³-hybridized carbons (Fsp3) is 0.111. The van der Waals surface area contributed by atoms with Crippen molar-refractivity contribution in [1.82, 2.24) is 10.2 Å². The molecule has 0 bridgehead atoms. The van der Waals surface area contributed by atoms with E-state index in [9.17, 15) is 0 Å². The van der Waals surface area contributed by atoms with Crippen molar-refractivity contribution in [1.29, 1.82) is 0 Å². The van der Waals surface area contributed by atoms with E-state index in [1.54, 1.807) is 0 Å². The molecular weight excluding hydrogens is 304 g/mol. The zero-order valence-corrected chi connectivity index (χ0v) is 13.9. The third kappa shape index (κ3) is 3.57. The van der Waals surface area contributed by atoms with Crippen LogP contribution in [0.4, 0.5) is 10.8 Å². The van der Waals surface area contributed by atoms with Crippen molar-refractivity contribution in [2.24, 2.45) is 0 Å². The highest BCUT2D eigenvalue weighted by molar-refractivity contribution is 7.16. The minimum Gasteiger partial charge on any atom is -0.378 e. The molecule has 1 heterocycles. The molecule has 1 aromatic heterocycles. The van der Waals surface area contributed by atoms with E-state index in [4.69, 9.17) is 5.73 Å². The first-order valence-corrected chi connectivity index (χ1v) is 8.09. The summed E-state index contributed by atoms with van der Waals surface area (Å²) in [5.74, 6) is 0. The van der Waals surface area contributed by atoms with Crippen LogP contribution in [-0.2, 0) is 0 Å². The number of hydrogen-bond acceptors (Lipinski definition) is 5. The predicted molar refractivity (Wildman–Crippen MR) is 98.5 cm³/mol. The number of anilines is 2. The van der Waals surface area contributed by atoms with Gasteiger partial charge in [0.2, 0.25) is 5.13 Å². The van der Waals surface area contributed by atoms with Gasteiger partial charge in [-0.15, -0.1) is 10.2 Å². The Morgan fingerprint density at radius 2 is 1.70 bits per heavy atom. The van der Waals surface area contributed by atoms with Crippen LogP contribution in [0.1, 0.15) is 16.1 Å². The van der Waals surface area contributed by atoms with Gasteiger partial charge < -0.3 is 10.6 Å². The lowest BCUT2D eigenvalue weighted by Crippen LogP contribution is -2.07. The Morgan fingerprint density at radius 3 is 2.26 bits per heavy atom. The summed E-state index contributed by atoms with van der Waals surface area (Å²) in [7, 11) is 4.06. The van der Waals surface area contributed by atoms with E-state index >= 15 is 0 Å². The topological polar surface area (TPSA) is 55.0 Å². The zero-order chi connectivity index (χ0) is 16.2. The summed E-state index contributed by atoms with van der Waals surface area (Å²) in [6, 6.07) is 18.6. The number of nitrogens with two attached hydrogens (primary N) is 1. The van der Waals surface area contributed by atoms with Gasteiger partial charge in [0.25, 0.3) is 0 Å². The zero-order valence-electron chi connectivity index (χ0n) is 13.1. The maximum absolute atomic E-state index is 5.75. The van der Waals surface area contributed by atoms with Crippen molar-refractivity contribution in [3.05, 3.63) is 70.7 Å². The Kier molecular flexibility index (Phi) is 4.39. The molecule has 0 saturated carbocycles. The minimum atomic E-state index is 0.477. The summed E-state index contributed by atoms with van der Waals surface area (Å²) in [4.78, 5) is 2.08. The lowest BCUT2D eigenvalue weighted by Gasteiger charge is -2.12. The molecule has 0 radical (unpaired) electrons. The predicted octanol–water partition coefficient (Wildman–Crippen LogP) is 3.78. The van der Waals surface area contributed by atoms with Crippen LogP contribution >= 0.6 is 11.3 Å². The van der Waals surface area contributed by atoms with E-state index in [1.807, 2.05) is 32.3 Å². The van der Waals surface area contributed by atoms with Crippen molar-refractivity contribution < 1.29 is 0 Å². The van der Waals surface area contributed by atoms with Crippen LogP contribution in [-0.4, -0.2) is 24.3 Å². The maximum Gasteiger partial charge on any atom is 0.203 e. The third-order valence-corrected chi connectivity index (χ3v) is 4.26. The lowest BCUT2D eigenvalue weighted by molar-refractivity contribution is 1.08. The summed E-state index contributed by atoms with van der Waals surface area (Å²) in [5, 5.41) is 9.44. The lowest BCUT2D eigenvalue weighted by atomic mass is 10.0. The van der Waals surface area contributed by atoms with Crippen LogP contribution in [0.2, 0.25) is 0 Å². The largest absolute Gasteiger partial charge is 0.378 e. The molecule has 3 aromatic rings. The van der Waals surface area contributed by atoms with Gasteiger partial charge in [-0.25, -0.2) is 0 Å². The fourth-order valence-electron chi connectivity index (χ4n) is 2.27. The van der Waals surface area contributed by atoms with E-state index in [0.717, 1.165) is 21.7 Å². The minimum absolute atomic E-state index is 0.477. The Hall–Kier alpha value is -2.66. The monoisotopic (exact) mass is 322 g/mol. The second-order valence-electron chi connectivity index (χ2n) is 5.36. The van der Waals surface area contributed by atoms with Crippen molar-refractivity contribution >= 4 is 33.8 Å². The van der Waals surface area contributed by atoms with Gasteiger partial charge >= 0.3 is 0 Å². The third-order valence-electron chi connectivity index (χ3n) is 3.48. The molecule has 0 fully saturated rings. The van der Waals surface area contributed by atoms with Gasteiger partial charge in [0.05, 0.1) is 0 Å². The van der Waals surface area contributed by atoms with Gasteiger partial charge in [-0.3, -0.25) is 0 Å². The molecule has 4 nitrogen and oxygen atoms in total. The molecule has 0 spiro atoms. The summed E-state index contributed by atoms with van der Waals surface area (Å²) in [6.07, 6.45) is 2.12. The number of nitrogens with zero attached hydrogens (tertiary/aromatic N) is 3. The molecule has 0 aliphatic rings. The second kappa shape index (κ2) is 6.62. The number of hydrogen-bond donors (Lipinski definition) is 1. The second-order valence-corrected chi connectivity index (χ2v) is 6.36. The normalized spacial score (nSPS) is 11.5. The number of nitrogen functional groups attached to an aromatic ring is 1. The van der Waals surface area contributed by atoms with Gasteiger partial charge in [-0.2, -0.15) is 0 Å². The molecular formula is C18H18N4S. The first-order valence-electron chi connectivity index (χ1n) is 7.27. The molecule has 0 amide bonds. The highest BCUT2D eigenvalue weighted by Crippen LogP contribution is 2.29. The Morgan fingerprint density at radius 1 is 1.00 bits per heavy atom. The van der Waals surface area contributed by atoms with Crippen LogP contribution in [0.15, 0.2) is 54.6 Å². The van der Waals surface area contributed by atoms with Gasteiger partial charge in [-0.1, -0.05) is 53.8 Å². The van der Waals surface area contributed by atoms with Crippen molar-refractivity contribution in [2.75, 3.05) is 24.7 Å². The number of benzene rings is 2. The van der Waals surface area contributed by atoms with E-state index in [-0.39, 0.29) is 0 Å². The van der Waals surface area contributed by atoms with Gasteiger partial charge in [0, 0.05) is 25.4 Å². The van der Waals surface area contributed by atoms with E-state index < -0.39 is 0 Å². The fourth-order valence-corrected chi connectivity index (χ4v) is 2.91. The molecule has 0 saturated heterocycles. The van der Waals surface area contributed by atoms with Crippen molar-refractivity contribution in [2.45, 2.75) is 0 Å². The van der Waals surface area contributed by atoms with E-state index in [0.29, 0.717) is 5.13 Å². The SMILES string of the molecule is CN(C)c1ccc(/C=C(\c2ccccc2)c2nnc(N)s2)cc1. The summed E-state index contributed by atoms with van der Waals surface area (Å²) >= 11 is 1.40. The average molecular weight is 322 g/mol. The summed E-state index contributed by atoms with van der Waals surface area (Å²) in [5.41, 5.74) is 10.2. The van der Waals surface area contributed by atoms with Crippen LogP contribution in [0.5, 0.6) is 0 Å². The van der Waals surface area contributed by atoms with Gasteiger partial charge in [0.15, 0.2) is 0 Å². The highest BCUT2D eigenvalue weighted by Gasteiger charge is 2.10. The van der Waals surface area contributed by atoms with Crippen LogP contribution < -0.4 is 10.6 Å². The van der Waals surface area contributed by atoms with Gasteiger partial charge in [-0.05, 0) is 29.3 Å². The Balaban J connectivity index is 2.04. The van der Waals surface area contributed by atoms with E-state index in [1.165, 1.54) is 17.0 Å². The molecule has 3 rings (SSSR count). The molecule has 0 unspecified atom stereocenters. The molecule has 5 heteroatoms. The molecule has 0 aliphatic carbocycles. The standard InChI is InChI=1S/C18H18N4S/c1-22(2)15-10-8-13(9-11-15)12-16(14-6-4-3-5-7-14)17-20-21-18(19)23-17/h3-12H,1-2H3,(H2,19,21)/b16-12+. The molecule has 0 atom stereocenters. The van der Waals surface area contributed by atoms with Crippen LogP contribution in [0.3, 0.4) is 0 Å². The molecule has 2 N–H and O–H groups in total. The smallest absolute Gasteiger partial charge is 0.203 e. The van der Waals surface area contributed by atoms with Crippen LogP contribution in [0, 0.1) is 0 Å². The van der Waals surface area contributed by atoms with E-state index in [2.05, 4.69) is 57.6 Å². The quantitative estimate of drug-likeness (QED) is 0.743. The van der Waals surface area contributed by atoms with Gasteiger partial charge in [0.1, 0.15) is 5.01 Å². The maximum atomic E-state index is 5.75. The summed E-state index contributed by atoms with van der Waals surface area (Å²) < 4.78 is 0. The number of rotatable bonds is 4. The molecule has 23 heavy (non-hydrogen) atoms. The van der Waals surface area contributed by atoms with Crippen molar-refractivity contribution in [3.63, 3.8) is 0 Å². The van der Waals surface area contributed by atoms with Crippen molar-refractivity contribution in [3.8, 4) is 0 Å². The Labute approximate surface area is 139 Å². The molecule has 2 aromatic carbocycles. The number of aromatic nitrogens is 2. The van der Waals surface area contributed by atoms with Crippen LogP contribution in [0.25, 0.3) is 11.6 Å².